The summed E-state index contributed by atoms with van der Waals surface area (Å²) in [5, 5.41) is 8.83. The molecule has 2 aliphatic rings. The minimum atomic E-state index is 0.119. The van der Waals surface area contributed by atoms with Crippen molar-refractivity contribution >= 4 is 0 Å². The molecule has 0 spiro atoms. The molecule has 1 aromatic carbocycles. The van der Waals surface area contributed by atoms with Crippen molar-refractivity contribution < 1.29 is 14.2 Å². The number of benzene rings is 1. The highest BCUT2D eigenvalue weighted by Gasteiger charge is 2.27. The first-order valence-electron chi connectivity index (χ1n) is 9.25. The van der Waals surface area contributed by atoms with Gasteiger partial charge in [-0.1, -0.05) is 6.07 Å². The van der Waals surface area contributed by atoms with Gasteiger partial charge in [0.25, 0.3) is 0 Å². The van der Waals surface area contributed by atoms with Crippen molar-refractivity contribution in [3.63, 3.8) is 0 Å². The molecule has 1 atom stereocenters. The zero-order valence-electron chi connectivity index (χ0n) is 15.5. The highest BCUT2D eigenvalue weighted by Crippen LogP contribution is 2.30. The first-order chi connectivity index (χ1) is 12.8. The topological polar surface area (TPSA) is 61.6 Å². The van der Waals surface area contributed by atoms with Gasteiger partial charge in [0, 0.05) is 39.2 Å². The molecule has 7 heteroatoms. The van der Waals surface area contributed by atoms with E-state index >= 15 is 0 Å². The summed E-state index contributed by atoms with van der Waals surface area (Å²) in [5.74, 6) is 3.62. The summed E-state index contributed by atoms with van der Waals surface area (Å²) in [7, 11) is 3.33. The second-order valence-electron chi connectivity index (χ2n) is 6.84. The zero-order chi connectivity index (χ0) is 17.9. The minimum absolute atomic E-state index is 0.119. The van der Waals surface area contributed by atoms with Crippen LogP contribution in [0.2, 0.25) is 0 Å². The van der Waals surface area contributed by atoms with Crippen molar-refractivity contribution in [2.24, 2.45) is 0 Å². The predicted octanol–water partition coefficient (Wildman–Crippen LogP) is 2.21. The van der Waals surface area contributed by atoms with Gasteiger partial charge < -0.3 is 18.8 Å². The van der Waals surface area contributed by atoms with Crippen molar-refractivity contribution in [3.05, 3.63) is 35.4 Å². The van der Waals surface area contributed by atoms with Crippen molar-refractivity contribution in [1.29, 1.82) is 0 Å². The fourth-order valence-corrected chi connectivity index (χ4v) is 3.80. The molecule has 4 rings (SSSR count). The maximum atomic E-state index is 5.81. The van der Waals surface area contributed by atoms with Crippen molar-refractivity contribution in [2.45, 2.75) is 38.5 Å². The molecule has 1 unspecified atom stereocenters. The van der Waals surface area contributed by atoms with Gasteiger partial charge in [-0.25, -0.2) is 0 Å². The fraction of sp³-hybridized carbons (Fsp3) is 0.579. The van der Waals surface area contributed by atoms with Crippen LogP contribution in [-0.2, 0) is 24.2 Å². The molecule has 1 fully saturated rings. The van der Waals surface area contributed by atoms with Gasteiger partial charge in [0.05, 0.1) is 14.2 Å². The lowest BCUT2D eigenvalue weighted by Crippen LogP contribution is -2.27. The Bertz CT molecular complexity index is 755. The van der Waals surface area contributed by atoms with Crippen LogP contribution in [0.15, 0.2) is 18.2 Å². The smallest absolute Gasteiger partial charge is 0.162 e. The molecule has 1 aromatic heterocycles. The van der Waals surface area contributed by atoms with Gasteiger partial charge in [0.2, 0.25) is 0 Å². The average molecular weight is 358 g/mol. The van der Waals surface area contributed by atoms with E-state index in [-0.39, 0.29) is 6.10 Å². The monoisotopic (exact) mass is 358 g/mol. The van der Waals surface area contributed by atoms with E-state index in [1.54, 1.807) is 14.2 Å². The van der Waals surface area contributed by atoms with Crippen LogP contribution in [0.3, 0.4) is 0 Å². The molecule has 0 saturated carbocycles. The normalized spacial score (nSPS) is 20.6. The molecule has 1 saturated heterocycles. The first-order valence-corrected chi connectivity index (χ1v) is 9.25. The van der Waals surface area contributed by atoms with Gasteiger partial charge in [0.15, 0.2) is 17.3 Å². The van der Waals surface area contributed by atoms with E-state index in [0.29, 0.717) is 0 Å². The Morgan fingerprint density at radius 3 is 2.77 bits per heavy atom. The van der Waals surface area contributed by atoms with Gasteiger partial charge in [-0.2, -0.15) is 0 Å². The maximum Gasteiger partial charge on any atom is 0.162 e. The summed E-state index contributed by atoms with van der Waals surface area (Å²) in [6.45, 7) is 4.56. The maximum absolute atomic E-state index is 5.81. The molecule has 2 aromatic rings. The summed E-state index contributed by atoms with van der Waals surface area (Å²) in [6.07, 6.45) is 3.19. The fourth-order valence-electron chi connectivity index (χ4n) is 3.80. The molecular weight excluding hydrogens is 332 g/mol. The van der Waals surface area contributed by atoms with Crippen LogP contribution in [0.4, 0.5) is 0 Å². The Balaban J connectivity index is 1.44. The quantitative estimate of drug-likeness (QED) is 0.817. The zero-order valence-corrected chi connectivity index (χ0v) is 15.5. The van der Waals surface area contributed by atoms with E-state index < -0.39 is 0 Å². The molecule has 26 heavy (non-hydrogen) atoms. The first kappa shape index (κ1) is 17.3. The molecular formula is C19H26N4O3. The van der Waals surface area contributed by atoms with Gasteiger partial charge in [-0.15, -0.1) is 10.2 Å². The number of fused-ring (bicyclic) bond motifs is 1. The Hall–Kier alpha value is -2.12. The third-order valence-corrected chi connectivity index (χ3v) is 5.22. The lowest BCUT2D eigenvalue weighted by molar-refractivity contribution is 0.101. The SMILES string of the molecule is COc1ccc(CN2CCc3nnc(C4CCCO4)n3CC2)cc1OC. The van der Waals surface area contributed by atoms with Gasteiger partial charge in [0.1, 0.15) is 11.9 Å². The number of nitrogens with zero attached hydrogens (tertiary/aromatic N) is 4. The van der Waals surface area contributed by atoms with Crippen molar-refractivity contribution in [2.75, 3.05) is 33.9 Å². The molecule has 2 aliphatic heterocycles. The number of rotatable bonds is 5. The standard InChI is InChI=1S/C19H26N4O3/c1-24-15-6-5-14(12-17(15)25-2)13-22-8-7-18-20-21-19(23(18)10-9-22)16-4-3-11-26-16/h5-6,12,16H,3-4,7-11,13H2,1-2H3. The molecule has 0 amide bonds. The lowest BCUT2D eigenvalue weighted by atomic mass is 10.2. The number of hydrogen-bond donors (Lipinski definition) is 0. The second kappa shape index (κ2) is 7.63. The summed E-state index contributed by atoms with van der Waals surface area (Å²) in [5.41, 5.74) is 1.22. The third-order valence-electron chi connectivity index (χ3n) is 5.22. The van der Waals surface area contributed by atoms with E-state index in [2.05, 4.69) is 31.8 Å². The molecule has 3 heterocycles. The number of aromatic nitrogens is 3. The van der Waals surface area contributed by atoms with Gasteiger partial charge >= 0.3 is 0 Å². The van der Waals surface area contributed by atoms with E-state index in [9.17, 15) is 0 Å². The van der Waals surface area contributed by atoms with E-state index in [1.165, 1.54) is 5.56 Å². The summed E-state index contributed by atoms with van der Waals surface area (Å²) in [4.78, 5) is 2.45. The Kier molecular flexibility index (Phi) is 5.08. The molecule has 7 nitrogen and oxygen atoms in total. The number of ether oxygens (including phenoxy) is 3. The van der Waals surface area contributed by atoms with E-state index in [1.807, 2.05) is 6.07 Å². The van der Waals surface area contributed by atoms with E-state index in [4.69, 9.17) is 14.2 Å². The Morgan fingerprint density at radius 1 is 1.12 bits per heavy atom. The summed E-state index contributed by atoms with van der Waals surface area (Å²) < 4.78 is 18.8. The van der Waals surface area contributed by atoms with Crippen LogP contribution in [0, 0.1) is 0 Å². The summed E-state index contributed by atoms with van der Waals surface area (Å²) >= 11 is 0. The summed E-state index contributed by atoms with van der Waals surface area (Å²) in [6, 6.07) is 6.13. The second-order valence-corrected chi connectivity index (χ2v) is 6.84. The van der Waals surface area contributed by atoms with Crippen LogP contribution in [0.5, 0.6) is 11.5 Å². The number of methoxy groups -OCH3 is 2. The molecule has 0 radical (unpaired) electrons. The predicted molar refractivity (Wildman–Crippen MR) is 96.5 cm³/mol. The van der Waals surface area contributed by atoms with Crippen LogP contribution in [0.1, 0.15) is 36.2 Å². The van der Waals surface area contributed by atoms with Gasteiger partial charge in [-0.05, 0) is 30.5 Å². The highest BCUT2D eigenvalue weighted by atomic mass is 16.5. The van der Waals surface area contributed by atoms with Crippen LogP contribution in [0.25, 0.3) is 0 Å². The molecule has 0 bridgehead atoms. The molecule has 140 valence electrons. The van der Waals surface area contributed by atoms with Gasteiger partial charge in [-0.3, -0.25) is 4.90 Å². The average Bonchev–Trinajstić information content (AvgIpc) is 3.29. The van der Waals surface area contributed by atoms with Crippen molar-refractivity contribution in [3.8, 4) is 11.5 Å². The number of hydrogen-bond acceptors (Lipinski definition) is 6. The third kappa shape index (κ3) is 3.41. The molecule has 0 aliphatic carbocycles. The van der Waals surface area contributed by atoms with Crippen molar-refractivity contribution in [1.82, 2.24) is 19.7 Å². The largest absolute Gasteiger partial charge is 0.493 e. The van der Waals surface area contributed by atoms with E-state index in [0.717, 1.165) is 75.2 Å². The van der Waals surface area contributed by atoms with Crippen LogP contribution in [-0.4, -0.2) is 53.6 Å². The lowest BCUT2D eigenvalue weighted by Gasteiger charge is -2.20. The van der Waals surface area contributed by atoms with Crippen LogP contribution >= 0.6 is 0 Å². The molecule has 0 N–H and O–H groups in total. The van der Waals surface area contributed by atoms with Crippen LogP contribution < -0.4 is 9.47 Å². The minimum Gasteiger partial charge on any atom is -0.493 e. The Labute approximate surface area is 153 Å². The Morgan fingerprint density at radius 2 is 2.00 bits per heavy atom. The highest BCUT2D eigenvalue weighted by molar-refractivity contribution is 5.42.